The minimum absolute atomic E-state index is 0.0361. The summed E-state index contributed by atoms with van der Waals surface area (Å²) >= 11 is 0. The molecule has 2 aromatic heterocycles. The zero-order valence-electron chi connectivity index (χ0n) is 14.1. The maximum Gasteiger partial charge on any atom is 0.253 e. The maximum atomic E-state index is 12.0. The van der Waals surface area contributed by atoms with Crippen molar-refractivity contribution in [1.29, 1.82) is 0 Å². The third-order valence-corrected chi connectivity index (χ3v) is 4.81. The quantitative estimate of drug-likeness (QED) is 0.803. The van der Waals surface area contributed by atoms with Crippen LogP contribution in [-0.4, -0.2) is 14.1 Å². The van der Waals surface area contributed by atoms with Gasteiger partial charge in [-0.2, -0.15) is 0 Å². The molecule has 5 heteroatoms. The van der Waals surface area contributed by atoms with Crippen LogP contribution < -0.4 is 11.3 Å². The molecule has 4 rings (SSSR count). The summed E-state index contributed by atoms with van der Waals surface area (Å²) in [4.78, 5) is 16.9. The minimum atomic E-state index is 0.0361. The van der Waals surface area contributed by atoms with Crippen molar-refractivity contribution in [3.63, 3.8) is 0 Å². The van der Waals surface area contributed by atoms with E-state index in [1.54, 1.807) is 11.6 Å². The molecule has 1 fully saturated rings. The summed E-state index contributed by atoms with van der Waals surface area (Å²) < 4.78 is 3.93. The van der Waals surface area contributed by atoms with E-state index in [2.05, 4.69) is 10.6 Å². The molecule has 124 valence electrons. The molecule has 1 aliphatic carbocycles. The third-order valence-electron chi connectivity index (χ3n) is 4.81. The number of nitrogens with two attached hydrogens (primary N) is 1. The molecule has 0 saturated heterocycles. The molecular formula is C19H22N4O. The van der Waals surface area contributed by atoms with Gasteiger partial charge in [0.15, 0.2) is 0 Å². The number of nitrogens with zero attached hydrogens (tertiary/aromatic N) is 3. The van der Waals surface area contributed by atoms with Crippen molar-refractivity contribution in [1.82, 2.24) is 14.1 Å². The number of pyridine rings is 1. The van der Waals surface area contributed by atoms with Gasteiger partial charge in [-0.25, -0.2) is 4.98 Å². The smallest absolute Gasteiger partial charge is 0.253 e. The first-order chi connectivity index (χ1) is 11.6. The third kappa shape index (κ3) is 2.55. The molecule has 0 aliphatic heterocycles. The first-order valence-electron chi connectivity index (χ1n) is 8.43. The van der Waals surface area contributed by atoms with Crippen LogP contribution in [-0.2, 0) is 20.1 Å². The van der Waals surface area contributed by atoms with Crippen LogP contribution in [0.2, 0.25) is 0 Å². The SMILES string of the molecule is Cc1cc(-c2nc3ccc(CN)cc3n2CC2CC2)cn(C)c1=O. The Bertz CT molecular complexity index is 953. The lowest BCUT2D eigenvalue weighted by Gasteiger charge is -2.11. The lowest BCUT2D eigenvalue weighted by atomic mass is 10.2. The molecule has 3 aromatic rings. The van der Waals surface area contributed by atoms with E-state index in [0.717, 1.165) is 46.0 Å². The van der Waals surface area contributed by atoms with Crippen molar-refractivity contribution in [2.24, 2.45) is 18.7 Å². The van der Waals surface area contributed by atoms with Gasteiger partial charge in [0, 0.05) is 37.5 Å². The fraction of sp³-hybridized carbons (Fsp3) is 0.368. The number of imidazole rings is 1. The van der Waals surface area contributed by atoms with Gasteiger partial charge in [-0.05, 0) is 49.4 Å². The Balaban J connectivity index is 1.95. The Morgan fingerprint density at radius 1 is 1.29 bits per heavy atom. The van der Waals surface area contributed by atoms with Crippen LogP contribution >= 0.6 is 0 Å². The zero-order valence-corrected chi connectivity index (χ0v) is 14.1. The van der Waals surface area contributed by atoms with Gasteiger partial charge in [-0.1, -0.05) is 6.07 Å². The molecule has 24 heavy (non-hydrogen) atoms. The topological polar surface area (TPSA) is 65.8 Å². The summed E-state index contributed by atoms with van der Waals surface area (Å²) in [6.45, 7) is 3.35. The Morgan fingerprint density at radius 2 is 2.08 bits per heavy atom. The highest BCUT2D eigenvalue weighted by molar-refractivity contribution is 5.81. The highest BCUT2D eigenvalue weighted by atomic mass is 16.1. The van der Waals surface area contributed by atoms with E-state index in [1.807, 2.05) is 31.3 Å². The first kappa shape index (κ1) is 15.1. The number of hydrogen-bond donors (Lipinski definition) is 1. The van der Waals surface area contributed by atoms with Crippen molar-refractivity contribution in [2.45, 2.75) is 32.9 Å². The summed E-state index contributed by atoms with van der Waals surface area (Å²) in [5.41, 5.74) is 10.8. The molecule has 1 aliphatic rings. The molecule has 0 atom stereocenters. The van der Waals surface area contributed by atoms with E-state index in [0.29, 0.717) is 6.54 Å². The van der Waals surface area contributed by atoms with Crippen molar-refractivity contribution in [3.05, 3.63) is 51.9 Å². The molecule has 5 nitrogen and oxygen atoms in total. The average molecular weight is 322 g/mol. The lowest BCUT2D eigenvalue weighted by molar-refractivity contribution is 0.647. The maximum absolute atomic E-state index is 12.0. The average Bonchev–Trinajstić information content (AvgIpc) is 3.32. The van der Waals surface area contributed by atoms with E-state index in [-0.39, 0.29) is 5.56 Å². The van der Waals surface area contributed by atoms with Gasteiger partial charge in [0.1, 0.15) is 5.82 Å². The lowest BCUT2D eigenvalue weighted by Crippen LogP contribution is -2.18. The van der Waals surface area contributed by atoms with Gasteiger partial charge in [0.25, 0.3) is 5.56 Å². The van der Waals surface area contributed by atoms with Gasteiger partial charge in [0.05, 0.1) is 11.0 Å². The highest BCUT2D eigenvalue weighted by Gasteiger charge is 2.25. The molecule has 0 radical (unpaired) electrons. The van der Waals surface area contributed by atoms with Gasteiger partial charge >= 0.3 is 0 Å². The van der Waals surface area contributed by atoms with Crippen LogP contribution in [0.25, 0.3) is 22.4 Å². The van der Waals surface area contributed by atoms with Gasteiger partial charge in [-0.15, -0.1) is 0 Å². The van der Waals surface area contributed by atoms with Crippen molar-refractivity contribution in [3.8, 4) is 11.4 Å². The molecule has 1 saturated carbocycles. The number of fused-ring (bicyclic) bond motifs is 1. The predicted molar refractivity (Wildman–Crippen MR) is 95.8 cm³/mol. The van der Waals surface area contributed by atoms with E-state index >= 15 is 0 Å². The largest absolute Gasteiger partial charge is 0.326 e. The van der Waals surface area contributed by atoms with Crippen LogP contribution in [0.5, 0.6) is 0 Å². The number of aryl methyl sites for hydroxylation is 2. The monoisotopic (exact) mass is 322 g/mol. The standard InChI is InChI=1S/C19H22N4O/c1-12-7-15(11-22(2)19(12)24)18-21-16-6-5-14(9-20)8-17(16)23(18)10-13-3-4-13/h5-8,11,13H,3-4,9-10,20H2,1-2H3. The van der Waals surface area contributed by atoms with Gasteiger partial charge in [-0.3, -0.25) is 4.79 Å². The fourth-order valence-electron chi connectivity index (χ4n) is 3.26. The van der Waals surface area contributed by atoms with Gasteiger partial charge < -0.3 is 14.9 Å². The van der Waals surface area contributed by atoms with Crippen LogP contribution in [0.15, 0.2) is 35.3 Å². The summed E-state index contributed by atoms with van der Waals surface area (Å²) in [5.74, 6) is 1.67. The predicted octanol–water partition coefficient (Wildman–Crippen LogP) is 2.58. The zero-order chi connectivity index (χ0) is 16.8. The fourth-order valence-corrected chi connectivity index (χ4v) is 3.26. The normalized spacial score (nSPS) is 14.5. The summed E-state index contributed by atoms with van der Waals surface area (Å²) in [7, 11) is 1.79. The van der Waals surface area contributed by atoms with Crippen molar-refractivity contribution < 1.29 is 0 Å². The molecule has 2 N–H and O–H groups in total. The van der Waals surface area contributed by atoms with E-state index < -0.39 is 0 Å². The molecule has 2 heterocycles. The second kappa shape index (κ2) is 5.60. The second-order valence-electron chi connectivity index (χ2n) is 6.84. The Labute approximate surface area is 140 Å². The summed E-state index contributed by atoms with van der Waals surface area (Å²) in [6.07, 6.45) is 4.44. The summed E-state index contributed by atoms with van der Waals surface area (Å²) in [5, 5.41) is 0. The molecule has 0 amide bonds. The number of rotatable bonds is 4. The number of aromatic nitrogens is 3. The van der Waals surface area contributed by atoms with Crippen molar-refractivity contribution in [2.75, 3.05) is 0 Å². The second-order valence-corrected chi connectivity index (χ2v) is 6.84. The first-order valence-corrected chi connectivity index (χ1v) is 8.43. The summed E-state index contributed by atoms with van der Waals surface area (Å²) in [6, 6.07) is 8.16. The van der Waals surface area contributed by atoms with E-state index in [1.165, 1.54) is 12.8 Å². The Hall–Kier alpha value is -2.40. The van der Waals surface area contributed by atoms with E-state index in [4.69, 9.17) is 10.7 Å². The van der Waals surface area contributed by atoms with Crippen molar-refractivity contribution >= 4 is 11.0 Å². The number of benzene rings is 1. The number of hydrogen-bond acceptors (Lipinski definition) is 3. The molecule has 1 aromatic carbocycles. The van der Waals surface area contributed by atoms with Gasteiger partial charge in [0.2, 0.25) is 0 Å². The molecular weight excluding hydrogens is 300 g/mol. The minimum Gasteiger partial charge on any atom is -0.326 e. The molecule has 0 bridgehead atoms. The Morgan fingerprint density at radius 3 is 2.75 bits per heavy atom. The van der Waals surface area contributed by atoms with Crippen LogP contribution in [0, 0.1) is 12.8 Å². The van der Waals surface area contributed by atoms with E-state index in [9.17, 15) is 4.79 Å². The Kier molecular flexibility index (Phi) is 3.53. The van der Waals surface area contributed by atoms with Crippen LogP contribution in [0.4, 0.5) is 0 Å². The van der Waals surface area contributed by atoms with Crippen LogP contribution in [0.1, 0.15) is 24.0 Å². The molecule has 0 unspecified atom stereocenters. The van der Waals surface area contributed by atoms with Crippen LogP contribution in [0.3, 0.4) is 0 Å². The highest BCUT2D eigenvalue weighted by Crippen LogP contribution is 2.34. The molecule has 0 spiro atoms.